The first-order chi connectivity index (χ1) is 13.4. The molecule has 3 rings (SSSR count). The summed E-state index contributed by atoms with van der Waals surface area (Å²) in [6.07, 6.45) is 1.61. The largest absolute Gasteiger partial charge is 0.545 e. The number of halogens is 1. The van der Waals surface area contributed by atoms with Crippen LogP contribution in [0.15, 0.2) is 41.2 Å². The highest BCUT2D eigenvalue weighted by Gasteiger charge is 2.10. The van der Waals surface area contributed by atoms with Crippen LogP contribution in [-0.4, -0.2) is 29.7 Å². The third kappa shape index (κ3) is 3.99. The van der Waals surface area contributed by atoms with Crippen LogP contribution in [0.4, 0.5) is 0 Å². The van der Waals surface area contributed by atoms with Crippen LogP contribution in [0.2, 0.25) is 0 Å². The molecule has 0 aliphatic heterocycles. The number of nitrogens with zero attached hydrogens (tertiary/aromatic N) is 1. The van der Waals surface area contributed by atoms with Crippen molar-refractivity contribution in [3.8, 4) is 11.5 Å². The quantitative estimate of drug-likeness (QED) is 0.682. The van der Waals surface area contributed by atoms with E-state index in [1.165, 1.54) is 18.2 Å². The number of carbonyl (C=O) groups excluding carboxylic acids is 1. The number of benzene rings is 2. The van der Waals surface area contributed by atoms with Crippen molar-refractivity contribution in [2.75, 3.05) is 13.7 Å². The lowest BCUT2D eigenvalue weighted by Crippen LogP contribution is -2.22. The van der Waals surface area contributed by atoms with Crippen LogP contribution in [0.25, 0.3) is 22.0 Å². The molecule has 1 aromatic heterocycles. The highest BCUT2D eigenvalue weighted by atomic mass is 35.5. The molecule has 1 N–H and O–H groups in total. The van der Waals surface area contributed by atoms with Gasteiger partial charge in [-0.25, -0.2) is 4.98 Å². The molecule has 0 atom stereocenters. The number of carboxylic acid groups (broad SMARTS) is 1. The average molecular weight is 400 g/mol. The summed E-state index contributed by atoms with van der Waals surface area (Å²) in [4.78, 5) is 30.2. The second kappa shape index (κ2) is 8.14. The average Bonchev–Trinajstić information content (AvgIpc) is 2.68. The van der Waals surface area contributed by atoms with Crippen LogP contribution in [0, 0.1) is 0 Å². The van der Waals surface area contributed by atoms with Gasteiger partial charge in [-0.3, -0.25) is 4.79 Å². The minimum Gasteiger partial charge on any atom is -0.545 e. The predicted molar refractivity (Wildman–Crippen MR) is 105 cm³/mol. The lowest BCUT2D eigenvalue weighted by atomic mass is 10.1. The molecule has 0 unspecified atom stereocenters. The van der Waals surface area contributed by atoms with Crippen LogP contribution in [0.1, 0.15) is 28.7 Å². The van der Waals surface area contributed by atoms with Gasteiger partial charge in [-0.05, 0) is 48.4 Å². The summed E-state index contributed by atoms with van der Waals surface area (Å²) in [5.41, 5.74) is 0.409. The van der Waals surface area contributed by atoms with Crippen molar-refractivity contribution in [1.82, 2.24) is 9.97 Å². The molecule has 0 saturated carbocycles. The molecule has 7 nitrogen and oxygen atoms in total. The number of nitrogens with one attached hydrogen (secondary N) is 1. The van der Waals surface area contributed by atoms with Gasteiger partial charge in [0.25, 0.3) is 5.56 Å². The number of fused-ring (bicyclic) bond motifs is 1. The maximum atomic E-state index is 12.3. The number of aromatic amines is 1. The fourth-order valence-corrected chi connectivity index (χ4v) is 2.86. The summed E-state index contributed by atoms with van der Waals surface area (Å²) in [5.74, 6) is -0.0961. The number of methoxy groups -OCH3 is 1. The van der Waals surface area contributed by atoms with Gasteiger partial charge in [0.2, 0.25) is 0 Å². The zero-order valence-electron chi connectivity index (χ0n) is 15.1. The first-order valence-corrected chi connectivity index (χ1v) is 8.74. The molecule has 0 bridgehead atoms. The third-order valence-corrected chi connectivity index (χ3v) is 4.24. The first-order valence-electron chi connectivity index (χ1n) is 8.36. The molecule has 0 spiro atoms. The maximum absolute atomic E-state index is 12.3. The van der Waals surface area contributed by atoms with Crippen molar-refractivity contribution in [3.63, 3.8) is 0 Å². The zero-order valence-corrected chi connectivity index (χ0v) is 15.9. The summed E-state index contributed by atoms with van der Waals surface area (Å²) >= 11 is 6.35. The molecule has 0 aliphatic carbocycles. The Hall–Kier alpha value is -3.32. The summed E-state index contributed by atoms with van der Waals surface area (Å²) < 4.78 is 10.8. The topological polar surface area (TPSA) is 104 Å². The van der Waals surface area contributed by atoms with E-state index >= 15 is 0 Å². The van der Waals surface area contributed by atoms with E-state index in [1.807, 2.05) is 6.92 Å². The Labute approximate surface area is 165 Å². The number of carboxylic acids is 1. The van der Waals surface area contributed by atoms with Crippen molar-refractivity contribution in [1.29, 1.82) is 0 Å². The Morgan fingerprint density at radius 1 is 1.25 bits per heavy atom. The molecule has 0 saturated heterocycles. The molecule has 144 valence electrons. The molecule has 0 fully saturated rings. The van der Waals surface area contributed by atoms with Gasteiger partial charge < -0.3 is 24.4 Å². The molecule has 8 heteroatoms. The van der Waals surface area contributed by atoms with E-state index in [2.05, 4.69) is 9.97 Å². The molecule has 28 heavy (non-hydrogen) atoms. The van der Waals surface area contributed by atoms with E-state index < -0.39 is 11.5 Å². The molecule has 0 radical (unpaired) electrons. The van der Waals surface area contributed by atoms with E-state index in [-0.39, 0.29) is 27.3 Å². The summed E-state index contributed by atoms with van der Waals surface area (Å²) in [6.45, 7) is 2.33. The summed E-state index contributed by atoms with van der Waals surface area (Å²) in [5, 5.41) is 11.5. The fourth-order valence-electron chi connectivity index (χ4n) is 2.65. The number of ether oxygens (including phenoxy) is 2. The van der Waals surface area contributed by atoms with Gasteiger partial charge in [-0.1, -0.05) is 23.7 Å². The molecule has 0 amide bonds. The Balaban J connectivity index is 2.05. The second-order valence-electron chi connectivity index (χ2n) is 5.77. The molecule has 3 aromatic rings. The van der Waals surface area contributed by atoms with Gasteiger partial charge in [0.05, 0.1) is 35.6 Å². The number of rotatable bonds is 6. The van der Waals surface area contributed by atoms with Crippen molar-refractivity contribution in [3.05, 3.63) is 63.7 Å². The highest BCUT2D eigenvalue weighted by Crippen LogP contribution is 2.30. The number of hydrogen-bond acceptors (Lipinski definition) is 6. The Bertz CT molecular complexity index is 1140. The van der Waals surface area contributed by atoms with Crippen LogP contribution >= 0.6 is 11.6 Å². The number of carbonyl (C=O) groups is 1. The van der Waals surface area contributed by atoms with Crippen LogP contribution in [0.5, 0.6) is 11.5 Å². The van der Waals surface area contributed by atoms with Crippen LogP contribution in [0.3, 0.4) is 0 Å². The molecular weight excluding hydrogens is 384 g/mol. The van der Waals surface area contributed by atoms with Crippen molar-refractivity contribution in [2.45, 2.75) is 6.92 Å². The smallest absolute Gasteiger partial charge is 0.259 e. The van der Waals surface area contributed by atoms with E-state index in [4.69, 9.17) is 21.1 Å². The fraction of sp³-hybridized carbons (Fsp3) is 0.150. The van der Waals surface area contributed by atoms with Gasteiger partial charge in [0, 0.05) is 0 Å². The Morgan fingerprint density at radius 3 is 2.71 bits per heavy atom. The van der Waals surface area contributed by atoms with Crippen LogP contribution < -0.4 is 20.1 Å². The number of aromatic nitrogens is 2. The highest BCUT2D eigenvalue weighted by molar-refractivity contribution is 6.50. The monoisotopic (exact) mass is 399 g/mol. The number of aromatic carboxylic acids is 1. The van der Waals surface area contributed by atoms with Crippen molar-refractivity contribution < 1.29 is 19.4 Å². The van der Waals surface area contributed by atoms with Crippen LogP contribution in [-0.2, 0) is 0 Å². The van der Waals surface area contributed by atoms with Gasteiger partial charge in [0.1, 0.15) is 0 Å². The lowest BCUT2D eigenvalue weighted by molar-refractivity contribution is -0.255. The summed E-state index contributed by atoms with van der Waals surface area (Å²) in [7, 11) is 1.55. The third-order valence-electron chi connectivity index (χ3n) is 3.95. The normalized spacial score (nSPS) is 11.5. The Morgan fingerprint density at radius 2 is 2.04 bits per heavy atom. The van der Waals surface area contributed by atoms with Crippen molar-refractivity contribution >= 4 is 39.6 Å². The second-order valence-corrected chi connectivity index (χ2v) is 6.18. The minimum absolute atomic E-state index is 0.0758. The van der Waals surface area contributed by atoms with Crippen molar-refractivity contribution in [2.24, 2.45) is 0 Å². The standard InChI is InChI=1S/C20H17ClN2O5/c1-3-28-17-9-11(4-7-16(17)27-2)8-14(21)18-22-15-10-12(20(25)26)5-6-13(15)19(24)23-18/h4-10H,3H2,1-2H3,(H,25,26)(H,22,23,24)/p-1/b14-8-. The van der Waals surface area contributed by atoms with Gasteiger partial charge >= 0.3 is 0 Å². The molecule has 2 aromatic carbocycles. The van der Waals surface area contributed by atoms with Gasteiger partial charge in [0.15, 0.2) is 17.3 Å². The number of H-pyrrole nitrogens is 1. The lowest BCUT2D eigenvalue weighted by Gasteiger charge is -2.10. The van der Waals surface area contributed by atoms with E-state index in [9.17, 15) is 14.7 Å². The zero-order chi connectivity index (χ0) is 20.3. The van der Waals surface area contributed by atoms with E-state index in [0.717, 1.165) is 0 Å². The first kappa shape index (κ1) is 19.4. The maximum Gasteiger partial charge on any atom is 0.259 e. The summed E-state index contributed by atoms with van der Waals surface area (Å²) in [6, 6.07) is 9.21. The predicted octanol–water partition coefficient (Wildman–Crippen LogP) is 2.43. The molecule has 0 aliphatic rings. The number of hydrogen-bond donors (Lipinski definition) is 1. The van der Waals surface area contributed by atoms with Gasteiger partial charge in [-0.2, -0.15) is 0 Å². The van der Waals surface area contributed by atoms with E-state index in [0.29, 0.717) is 23.7 Å². The van der Waals surface area contributed by atoms with E-state index in [1.54, 1.807) is 31.4 Å². The Kier molecular flexibility index (Phi) is 5.65. The van der Waals surface area contributed by atoms with Gasteiger partial charge in [-0.15, -0.1) is 0 Å². The molecule has 1 heterocycles. The minimum atomic E-state index is -1.35. The molecular formula is C20H16ClN2O5-. The SMILES string of the molecule is CCOc1cc(/C=C(\Cl)c2nc3cc(C(=O)[O-])ccc3c(=O)[nH]2)ccc1OC.